The first kappa shape index (κ1) is 53.7. The predicted octanol–water partition coefficient (Wildman–Crippen LogP) is 7.47. The number of alkyl halides is 3. The molecule has 2 heterocycles. The van der Waals surface area contributed by atoms with Crippen molar-refractivity contribution in [3.8, 4) is 0 Å². The van der Waals surface area contributed by atoms with Crippen molar-refractivity contribution in [2.75, 3.05) is 11.5 Å². The third kappa shape index (κ3) is 14.8. The quantitative estimate of drug-likeness (QED) is 0.0691. The van der Waals surface area contributed by atoms with Crippen LogP contribution in [-0.2, 0) is 70.7 Å². The number of non-ortho nitro benzene ring substituents is 3. The number of nitro groups is 3. The standard InChI is InChI=1S/C13H16NS.C12H8N3O8S2.C7H4F3N2O6S2.C6H6S/c1-14-10-13(15-8-4-5-9-15)11-6-2-3-7-12(11)14;16-14(17)9-1-5-11(6-2-9)24(20,21)13-25(22,23)12-7-3-10(4-8-12)15(18)19;8-7(9,10)20(17,18)11-19(15,16)6-3-1-5(2-4-6)12(13)14;7-6-4-2-1-3-5-6/h2-3,6-7,10H,4-5,8-9H2,1H3;1-8H;1-4H;1-5,7H/q+1;2*-1;/p+1. The van der Waals surface area contributed by atoms with E-state index in [0.717, 1.165) is 53.4 Å². The average Bonchev–Trinajstić information content (AvgIpc) is 3.92. The van der Waals surface area contributed by atoms with Gasteiger partial charge < -0.3 is 12.8 Å². The van der Waals surface area contributed by atoms with Crippen LogP contribution in [0.1, 0.15) is 12.8 Å². The molecule has 29 heteroatoms. The fourth-order valence-electron chi connectivity index (χ4n) is 5.50. The summed E-state index contributed by atoms with van der Waals surface area (Å²) in [6, 6.07) is 28.2. The summed E-state index contributed by atoms with van der Waals surface area (Å²) >= 11 is 3.36. The van der Waals surface area contributed by atoms with Crippen LogP contribution in [0, 0.1) is 30.3 Å². The number of hydrogen-bond donors (Lipinski definition) is 0. The topological polar surface area (TPSA) is 299 Å². The summed E-state index contributed by atoms with van der Waals surface area (Å²) in [5, 5.41) is 32.9. The minimum absolute atomic E-state index is 0.378. The SMILES string of the molecule is Cn1cc([S+]2CCCC2)c2ccccc21.O=[N+]([O-])c1ccc(S(=O)(=O)[N-]S(=O)(=O)C(F)(F)F)cc1.O=[N+]([O-])c1ccc(S(=O)(=O)[N-]S(=O)(=O)c2ccc([N+](=O)[O-])cc2)cc1.[SH2+]c1ccccc1. The van der Waals surface area contributed by atoms with Gasteiger partial charge in [-0.2, -0.15) is 13.2 Å². The molecule has 0 N–H and O–H groups in total. The number of benzene rings is 5. The van der Waals surface area contributed by atoms with E-state index >= 15 is 0 Å². The Morgan fingerprint density at radius 3 is 1.27 bits per heavy atom. The summed E-state index contributed by atoms with van der Waals surface area (Å²) in [7, 11) is -18.0. The Kier molecular flexibility index (Phi) is 17.8. The van der Waals surface area contributed by atoms with E-state index in [-0.39, 0.29) is 11.4 Å². The molecule has 0 unspecified atom stereocenters. The zero-order chi connectivity index (χ0) is 50.0. The maximum absolute atomic E-state index is 12.1. The first-order valence-corrected chi connectivity index (χ1v) is 26.2. The molecule has 0 amide bonds. The molecular formula is C38H35F3N6O14S6. The molecule has 1 saturated heterocycles. The second kappa shape index (κ2) is 22.2. The fraction of sp³-hybridized carbons (Fsp3) is 0.158. The van der Waals surface area contributed by atoms with Crippen LogP contribution in [0.4, 0.5) is 30.2 Å². The van der Waals surface area contributed by atoms with E-state index < -0.39 is 80.7 Å². The van der Waals surface area contributed by atoms with Crippen molar-refractivity contribution in [1.82, 2.24) is 4.57 Å². The lowest BCUT2D eigenvalue weighted by atomic mass is 10.2. The molecule has 0 bridgehead atoms. The first-order chi connectivity index (χ1) is 31.1. The molecule has 0 radical (unpaired) electrons. The second-order valence-corrected chi connectivity index (χ2v) is 23.0. The maximum Gasteiger partial charge on any atom is 0.480 e. The lowest BCUT2D eigenvalue weighted by Crippen LogP contribution is -2.24. The average molecular weight is 1050 g/mol. The Hall–Kier alpha value is -5.95. The van der Waals surface area contributed by atoms with E-state index in [0.29, 0.717) is 35.2 Å². The Morgan fingerprint density at radius 1 is 0.567 bits per heavy atom. The molecule has 0 aliphatic carbocycles. The largest absolute Gasteiger partial charge is 0.480 e. The smallest absolute Gasteiger partial charge is 0.428 e. The highest BCUT2D eigenvalue weighted by molar-refractivity contribution is 8.13. The van der Waals surface area contributed by atoms with Crippen LogP contribution >= 0.6 is 0 Å². The zero-order valence-corrected chi connectivity index (χ0v) is 39.2. The lowest BCUT2D eigenvalue weighted by Gasteiger charge is -2.21. The highest BCUT2D eigenvalue weighted by Crippen LogP contribution is 2.34. The molecule has 1 fully saturated rings. The van der Waals surface area contributed by atoms with Crippen LogP contribution in [-0.4, -0.2) is 70.0 Å². The van der Waals surface area contributed by atoms with Gasteiger partial charge in [-0.05, 0) is 86.1 Å². The van der Waals surface area contributed by atoms with E-state index in [1.54, 1.807) is 9.02 Å². The number of sulfonamides is 4. The molecule has 7 rings (SSSR count). The molecule has 0 saturated carbocycles. The van der Waals surface area contributed by atoms with Crippen LogP contribution in [0.2, 0.25) is 0 Å². The number of nitro benzene ring substituents is 3. The summed E-state index contributed by atoms with van der Waals surface area (Å²) in [5.74, 6) is 2.82. The van der Waals surface area contributed by atoms with Gasteiger partial charge in [0.05, 0.1) is 31.9 Å². The van der Waals surface area contributed by atoms with Gasteiger partial charge in [0.2, 0.25) is 0 Å². The molecule has 0 atom stereocenters. The predicted molar refractivity (Wildman–Crippen MR) is 245 cm³/mol. The van der Waals surface area contributed by atoms with Gasteiger partial charge in [0.15, 0.2) is 14.9 Å². The van der Waals surface area contributed by atoms with Gasteiger partial charge >= 0.3 is 5.51 Å². The summed E-state index contributed by atoms with van der Waals surface area (Å²) in [6.07, 6.45) is 5.19. The number of para-hydroxylation sites is 1. The molecule has 0 spiro atoms. The van der Waals surface area contributed by atoms with E-state index in [4.69, 9.17) is 0 Å². The van der Waals surface area contributed by atoms with Gasteiger partial charge in [0.1, 0.15) is 46.5 Å². The lowest BCUT2D eigenvalue weighted by molar-refractivity contribution is -0.385. The Morgan fingerprint density at radius 2 is 0.925 bits per heavy atom. The molecule has 20 nitrogen and oxygen atoms in total. The molecule has 1 aromatic heterocycles. The number of halogens is 3. The summed E-state index contributed by atoms with van der Waals surface area (Å²) in [6.45, 7) is 0. The van der Waals surface area contributed by atoms with Gasteiger partial charge in [-0.3, -0.25) is 30.3 Å². The fourth-order valence-corrected chi connectivity index (χ4v) is 13.1. The number of hydrogen-bond acceptors (Lipinski definition) is 14. The molecule has 67 heavy (non-hydrogen) atoms. The summed E-state index contributed by atoms with van der Waals surface area (Å²) in [4.78, 5) is 29.7. The molecule has 1 aliphatic rings. The van der Waals surface area contributed by atoms with Crippen molar-refractivity contribution in [3.63, 3.8) is 0 Å². The highest BCUT2D eigenvalue weighted by Gasteiger charge is 2.40. The van der Waals surface area contributed by atoms with Crippen molar-refractivity contribution in [2.24, 2.45) is 7.05 Å². The Balaban J connectivity index is 0.000000208. The Labute approximate surface area is 389 Å². The number of nitrogens with zero attached hydrogens (tertiary/aromatic N) is 6. The van der Waals surface area contributed by atoms with Crippen LogP contribution in [0.3, 0.4) is 0 Å². The summed E-state index contributed by atoms with van der Waals surface area (Å²) < 4.78 is 135. The highest BCUT2D eigenvalue weighted by atomic mass is 32.3. The number of aryl methyl sites for hydroxylation is 1. The normalized spacial score (nSPS) is 13.2. The zero-order valence-electron chi connectivity index (χ0n) is 34.1. The van der Waals surface area contributed by atoms with Gasteiger partial charge in [0.25, 0.3) is 17.1 Å². The molecule has 1 aliphatic heterocycles. The van der Waals surface area contributed by atoms with Gasteiger partial charge in [-0.1, -0.05) is 30.3 Å². The number of rotatable bonds is 11. The summed E-state index contributed by atoms with van der Waals surface area (Å²) in [5.41, 5.74) is -5.76. The molecule has 358 valence electrons. The monoisotopic (exact) mass is 1050 g/mol. The molecular weight excluding hydrogens is 1010 g/mol. The third-order valence-corrected chi connectivity index (χ3v) is 17.9. The number of aromatic nitrogens is 1. The van der Waals surface area contributed by atoms with Gasteiger partial charge in [-0.15, -0.1) is 0 Å². The van der Waals surface area contributed by atoms with Crippen molar-refractivity contribution in [2.45, 2.75) is 42.8 Å². The second-order valence-electron chi connectivity index (χ2n) is 13.3. The first-order valence-electron chi connectivity index (χ1n) is 18.4. The van der Waals surface area contributed by atoms with Gasteiger partial charge in [-0.25, -0.2) is 33.7 Å². The van der Waals surface area contributed by atoms with Crippen molar-refractivity contribution >= 4 is 91.6 Å². The Bertz CT molecular complexity index is 3090. The van der Waals surface area contributed by atoms with Crippen LogP contribution < -0.4 is 0 Å². The molecule has 6 aromatic rings. The van der Waals surface area contributed by atoms with Crippen LogP contribution in [0.25, 0.3) is 19.2 Å². The van der Waals surface area contributed by atoms with E-state index in [9.17, 15) is 77.2 Å². The minimum atomic E-state index is -6.23. The minimum Gasteiger partial charge on any atom is -0.428 e. The third-order valence-electron chi connectivity index (χ3n) is 8.70. The number of fused-ring (bicyclic) bond motifs is 1. The van der Waals surface area contributed by atoms with Crippen LogP contribution in [0.5, 0.6) is 0 Å². The van der Waals surface area contributed by atoms with Crippen molar-refractivity contribution in [1.29, 1.82) is 0 Å². The van der Waals surface area contributed by atoms with Crippen molar-refractivity contribution in [3.05, 3.63) is 172 Å². The van der Waals surface area contributed by atoms with E-state index in [1.165, 1.54) is 35.3 Å². The van der Waals surface area contributed by atoms with Gasteiger partial charge in [0, 0.05) is 69.0 Å². The van der Waals surface area contributed by atoms with Crippen LogP contribution in [0.15, 0.2) is 158 Å². The van der Waals surface area contributed by atoms with E-state index in [2.05, 4.69) is 58.8 Å². The maximum atomic E-state index is 12.1. The van der Waals surface area contributed by atoms with Crippen molar-refractivity contribution < 1.29 is 61.6 Å². The molecule has 5 aromatic carbocycles. The van der Waals surface area contributed by atoms with E-state index in [1.807, 2.05) is 30.3 Å².